The van der Waals surface area contributed by atoms with Crippen molar-refractivity contribution < 1.29 is 4.79 Å². The molecule has 1 rings (SSSR count). The second-order valence-corrected chi connectivity index (χ2v) is 2.76. The maximum Gasteiger partial charge on any atom is 0.220 e. The second-order valence-electron chi connectivity index (χ2n) is 2.76. The lowest BCUT2D eigenvalue weighted by atomic mass is 10.0. The molecule has 2 nitrogen and oxygen atoms in total. The fourth-order valence-corrected chi connectivity index (χ4v) is 1.35. The van der Waals surface area contributed by atoms with Crippen LogP contribution < -0.4 is 5.32 Å². The fraction of sp³-hybridized carbons (Fsp3) is 0.857. The van der Waals surface area contributed by atoms with Gasteiger partial charge < -0.3 is 5.32 Å². The third kappa shape index (κ3) is 1.23. The molecule has 1 N–H and O–H groups in total. The van der Waals surface area contributed by atoms with Crippen LogP contribution in [-0.2, 0) is 4.79 Å². The molecule has 1 aliphatic heterocycles. The summed E-state index contributed by atoms with van der Waals surface area (Å²) in [6.45, 7) is 4.22. The van der Waals surface area contributed by atoms with Crippen LogP contribution in [0.3, 0.4) is 0 Å². The fourth-order valence-electron chi connectivity index (χ4n) is 1.35. The third-order valence-corrected chi connectivity index (χ3v) is 1.98. The Hall–Kier alpha value is -0.530. The molecule has 0 aromatic rings. The minimum atomic E-state index is 0.217. The molecule has 0 aliphatic carbocycles. The molecule has 0 unspecified atom stereocenters. The topological polar surface area (TPSA) is 29.1 Å². The molecule has 1 fully saturated rings. The maximum atomic E-state index is 10.7. The summed E-state index contributed by atoms with van der Waals surface area (Å²) in [7, 11) is 0. The van der Waals surface area contributed by atoms with E-state index in [1.807, 2.05) is 0 Å². The number of hydrogen-bond donors (Lipinski definition) is 1. The summed E-state index contributed by atoms with van der Waals surface area (Å²) in [5.74, 6) is 0.761. The molecule has 9 heavy (non-hydrogen) atoms. The third-order valence-electron chi connectivity index (χ3n) is 1.98. The van der Waals surface area contributed by atoms with Crippen molar-refractivity contribution in [1.82, 2.24) is 5.32 Å². The molecule has 0 saturated carbocycles. The standard InChI is InChI=1S/C7H13NO/c1-3-6-5(2)4-7(9)8-6/h5-6H,3-4H2,1-2H3,(H,8,9)/t5-,6-/m1/s1. The van der Waals surface area contributed by atoms with Gasteiger partial charge in [0.1, 0.15) is 0 Å². The number of amides is 1. The molecule has 1 saturated heterocycles. The molecule has 0 aromatic carbocycles. The summed E-state index contributed by atoms with van der Waals surface area (Å²) in [6.07, 6.45) is 1.78. The summed E-state index contributed by atoms with van der Waals surface area (Å²) in [5, 5.41) is 2.91. The number of nitrogens with one attached hydrogen (secondary N) is 1. The monoisotopic (exact) mass is 127 g/mol. The van der Waals surface area contributed by atoms with E-state index in [2.05, 4.69) is 19.2 Å². The zero-order valence-corrected chi connectivity index (χ0v) is 5.98. The molecule has 0 aromatic heterocycles. The van der Waals surface area contributed by atoms with Crippen LogP contribution in [0.25, 0.3) is 0 Å². The van der Waals surface area contributed by atoms with Crippen LogP contribution in [0.5, 0.6) is 0 Å². The Morgan fingerprint density at radius 3 is 2.67 bits per heavy atom. The van der Waals surface area contributed by atoms with Crippen LogP contribution in [0.1, 0.15) is 26.7 Å². The van der Waals surface area contributed by atoms with Crippen molar-refractivity contribution in [3.05, 3.63) is 0 Å². The van der Waals surface area contributed by atoms with Crippen molar-refractivity contribution in [2.24, 2.45) is 5.92 Å². The molecular weight excluding hydrogens is 114 g/mol. The Kier molecular flexibility index (Phi) is 1.74. The average molecular weight is 127 g/mol. The van der Waals surface area contributed by atoms with Gasteiger partial charge in [0.05, 0.1) is 0 Å². The zero-order chi connectivity index (χ0) is 6.85. The van der Waals surface area contributed by atoms with E-state index in [1.165, 1.54) is 0 Å². The quantitative estimate of drug-likeness (QED) is 0.557. The molecule has 0 bridgehead atoms. The van der Waals surface area contributed by atoms with Crippen molar-refractivity contribution in [2.45, 2.75) is 32.7 Å². The summed E-state index contributed by atoms with van der Waals surface area (Å²) in [4.78, 5) is 10.7. The molecular formula is C7H13NO. The highest BCUT2D eigenvalue weighted by Gasteiger charge is 2.26. The highest BCUT2D eigenvalue weighted by Crippen LogP contribution is 2.17. The van der Waals surface area contributed by atoms with E-state index in [-0.39, 0.29) is 5.91 Å². The number of carbonyl (C=O) groups excluding carboxylic acids is 1. The predicted molar refractivity (Wildman–Crippen MR) is 36.0 cm³/mol. The highest BCUT2D eigenvalue weighted by atomic mass is 16.1. The van der Waals surface area contributed by atoms with E-state index >= 15 is 0 Å². The lowest BCUT2D eigenvalue weighted by Crippen LogP contribution is -2.26. The minimum absolute atomic E-state index is 0.217. The van der Waals surface area contributed by atoms with Gasteiger partial charge in [-0.3, -0.25) is 4.79 Å². The Labute approximate surface area is 55.6 Å². The first-order valence-electron chi connectivity index (χ1n) is 3.53. The van der Waals surface area contributed by atoms with Crippen LogP contribution in [0.4, 0.5) is 0 Å². The van der Waals surface area contributed by atoms with E-state index in [0.29, 0.717) is 12.0 Å². The van der Waals surface area contributed by atoms with Gasteiger partial charge in [0.25, 0.3) is 0 Å². The lowest BCUT2D eigenvalue weighted by molar-refractivity contribution is -0.119. The highest BCUT2D eigenvalue weighted by molar-refractivity contribution is 5.78. The summed E-state index contributed by atoms with van der Waals surface area (Å²) in [5.41, 5.74) is 0. The van der Waals surface area contributed by atoms with E-state index in [9.17, 15) is 4.79 Å². The maximum absolute atomic E-state index is 10.7. The van der Waals surface area contributed by atoms with E-state index in [1.54, 1.807) is 0 Å². The van der Waals surface area contributed by atoms with E-state index in [4.69, 9.17) is 0 Å². The Balaban J connectivity index is 2.47. The largest absolute Gasteiger partial charge is 0.353 e. The van der Waals surface area contributed by atoms with Crippen LogP contribution in [0.15, 0.2) is 0 Å². The molecule has 52 valence electrons. The molecule has 1 heterocycles. The number of rotatable bonds is 1. The van der Waals surface area contributed by atoms with Crippen molar-refractivity contribution in [1.29, 1.82) is 0 Å². The average Bonchev–Trinajstić information content (AvgIpc) is 2.10. The summed E-state index contributed by atoms with van der Waals surface area (Å²) < 4.78 is 0. The number of hydrogen-bond acceptors (Lipinski definition) is 1. The van der Waals surface area contributed by atoms with Gasteiger partial charge in [0, 0.05) is 12.5 Å². The predicted octanol–water partition coefficient (Wildman–Crippen LogP) is 0.921. The SMILES string of the molecule is CC[C@H]1NC(=O)C[C@H]1C. The van der Waals surface area contributed by atoms with Gasteiger partial charge in [-0.05, 0) is 12.3 Å². The first-order valence-corrected chi connectivity index (χ1v) is 3.53. The van der Waals surface area contributed by atoms with E-state index in [0.717, 1.165) is 12.8 Å². The first kappa shape index (κ1) is 6.59. The van der Waals surface area contributed by atoms with Gasteiger partial charge in [-0.2, -0.15) is 0 Å². The molecule has 1 aliphatic rings. The first-order chi connectivity index (χ1) is 4.24. The van der Waals surface area contributed by atoms with Crippen molar-refractivity contribution in [3.8, 4) is 0 Å². The van der Waals surface area contributed by atoms with Crippen molar-refractivity contribution in [3.63, 3.8) is 0 Å². The van der Waals surface area contributed by atoms with Gasteiger partial charge in [0.2, 0.25) is 5.91 Å². The number of carbonyl (C=O) groups is 1. The summed E-state index contributed by atoms with van der Waals surface area (Å²) >= 11 is 0. The van der Waals surface area contributed by atoms with Gasteiger partial charge in [-0.15, -0.1) is 0 Å². The van der Waals surface area contributed by atoms with Gasteiger partial charge >= 0.3 is 0 Å². The van der Waals surface area contributed by atoms with Crippen LogP contribution in [-0.4, -0.2) is 11.9 Å². The van der Waals surface area contributed by atoms with Crippen LogP contribution in [0, 0.1) is 5.92 Å². The van der Waals surface area contributed by atoms with Crippen LogP contribution in [0.2, 0.25) is 0 Å². The second kappa shape index (κ2) is 2.38. The molecule has 2 atom stereocenters. The lowest BCUT2D eigenvalue weighted by Gasteiger charge is -2.10. The minimum Gasteiger partial charge on any atom is -0.353 e. The van der Waals surface area contributed by atoms with Crippen LogP contribution >= 0.6 is 0 Å². The Bertz CT molecular complexity index is 122. The molecule has 1 amide bonds. The summed E-state index contributed by atoms with van der Waals surface area (Å²) in [6, 6.07) is 0.442. The smallest absolute Gasteiger partial charge is 0.220 e. The zero-order valence-electron chi connectivity index (χ0n) is 5.98. The Morgan fingerprint density at radius 1 is 1.78 bits per heavy atom. The van der Waals surface area contributed by atoms with Crippen molar-refractivity contribution in [2.75, 3.05) is 0 Å². The molecule has 0 spiro atoms. The van der Waals surface area contributed by atoms with Crippen molar-refractivity contribution >= 4 is 5.91 Å². The van der Waals surface area contributed by atoms with E-state index < -0.39 is 0 Å². The molecule has 2 heteroatoms. The normalized spacial score (nSPS) is 34.7. The molecule has 0 radical (unpaired) electrons. The Morgan fingerprint density at radius 2 is 2.44 bits per heavy atom. The van der Waals surface area contributed by atoms with Gasteiger partial charge in [-0.1, -0.05) is 13.8 Å². The van der Waals surface area contributed by atoms with Gasteiger partial charge in [-0.25, -0.2) is 0 Å². The van der Waals surface area contributed by atoms with Gasteiger partial charge in [0.15, 0.2) is 0 Å².